The van der Waals surface area contributed by atoms with Crippen LogP contribution in [0.1, 0.15) is 19.8 Å². The molecule has 1 heterocycles. The Hall–Kier alpha value is -1.14. The quantitative estimate of drug-likeness (QED) is 0.640. The Bertz CT molecular complexity index is 309. The second kappa shape index (κ2) is 8.12. The van der Waals surface area contributed by atoms with Gasteiger partial charge < -0.3 is 9.47 Å². The van der Waals surface area contributed by atoms with Crippen molar-refractivity contribution < 1.29 is 19.1 Å². The molecular weight excluding hydrogens is 248 g/mol. The summed E-state index contributed by atoms with van der Waals surface area (Å²) < 4.78 is 9.29. The van der Waals surface area contributed by atoms with E-state index in [2.05, 4.69) is 26.2 Å². The number of nitrogens with zero attached hydrogens (tertiary/aromatic N) is 2. The minimum absolute atomic E-state index is 0.166. The van der Waals surface area contributed by atoms with Gasteiger partial charge in [0.25, 0.3) is 0 Å². The lowest BCUT2D eigenvalue weighted by Crippen LogP contribution is -2.52. The molecule has 1 saturated heterocycles. The molecule has 6 nitrogen and oxygen atoms in total. The molecule has 0 spiro atoms. The van der Waals surface area contributed by atoms with Gasteiger partial charge in [0, 0.05) is 38.8 Å². The summed E-state index contributed by atoms with van der Waals surface area (Å²) in [7, 11) is 2.83. The predicted molar refractivity (Wildman–Crippen MR) is 70.7 cm³/mol. The van der Waals surface area contributed by atoms with E-state index in [1.54, 1.807) is 0 Å². The lowest BCUT2D eigenvalue weighted by Gasteiger charge is -2.39. The van der Waals surface area contributed by atoms with Crippen molar-refractivity contribution in [3.63, 3.8) is 0 Å². The second-order valence-electron chi connectivity index (χ2n) is 4.84. The Labute approximate surface area is 114 Å². The number of esters is 2. The average Bonchev–Trinajstić information content (AvgIpc) is 2.43. The molecule has 110 valence electrons. The van der Waals surface area contributed by atoms with E-state index < -0.39 is 0 Å². The van der Waals surface area contributed by atoms with Crippen molar-refractivity contribution in [2.24, 2.45) is 0 Å². The predicted octanol–water partition coefficient (Wildman–Crippen LogP) is 0.119. The van der Waals surface area contributed by atoms with Gasteiger partial charge in [-0.2, -0.15) is 0 Å². The molecule has 0 N–H and O–H groups in total. The third kappa shape index (κ3) is 5.57. The van der Waals surface area contributed by atoms with Crippen molar-refractivity contribution >= 4 is 11.9 Å². The van der Waals surface area contributed by atoms with Crippen molar-refractivity contribution in [2.45, 2.75) is 25.8 Å². The third-order valence-corrected chi connectivity index (χ3v) is 3.54. The lowest BCUT2D eigenvalue weighted by molar-refractivity contribution is -0.142. The first-order valence-electron chi connectivity index (χ1n) is 6.67. The molecular formula is C13H24N2O4. The Kier molecular flexibility index (Phi) is 6.80. The summed E-state index contributed by atoms with van der Waals surface area (Å²) in [5.74, 6) is -0.332. The van der Waals surface area contributed by atoms with Gasteiger partial charge in [0.15, 0.2) is 0 Å². The average molecular weight is 272 g/mol. The number of carbonyl (C=O) groups excluding carboxylic acids is 2. The number of hydrogen-bond acceptors (Lipinski definition) is 6. The molecule has 1 atom stereocenters. The van der Waals surface area contributed by atoms with Crippen LogP contribution in [0.5, 0.6) is 0 Å². The number of carbonyl (C=O) groups is 2. The Balaban J connectivity index is 2.27. The van der Waals surface area contributed by atoms with Crippen LogP contribution in [0.25, 0.3) is 0 Å². The second-order valence-corrected chi connectivity index (χ2v) is 4.84. The van der Waals surface area contributed by atoms with E-state index in [0.29, 0.717) is 18.9 Å². The molecule has 0 aliphatic carbocycles. The van der Waals surface area contributed by atoms with Crippen molar-refractivity contribution in [1.29, 1.82) is 0 Å². The molecule has 6 heteroatoms. The van der Waals surface area contributed by atoms with E-state index in [1.165, 1.54) is 14.2 Å². The lowest BCUT2D eigenvalue weighted by atomic mass is 10.1. The number of piperazine rings is 1. The summed E-state index contributed by atoms with van der Waals surface area (Å²) in [5, 5.41) is 0. The molecule has 0 bridgehead atoms. The summed E-state index contributed by atoms with van der Waals surface area (Å²) in [4.78, 5) is 26.8. The summed E-state index contributed by atoms with van der Waals surface area (Å²) in [6.45, 7) is 6.36. The van der Waals surface area contributed by atoms with Crippen LogP contribution in [0.15, 0.2) is 0 Å². The number of methoxy groups -OCH3 is 2. The minimum Gasteiger partial charge on any atom is -0.469 e. The monoisotopic (exact) mass is 272 g/mol. The molecule has 19 heavy (non-hydrogen) atoms. The SMILES string of the molecule is COC(=O)CCN1CCN(CCC(=O)OC)C(C)C1. The first-order chi connectivity index (χ1) is 9.06. The van der Waals surface area contributed by atoms with Gasteiger partial charge in [0.1, 0.15) is 0 Å². The fourth-order valence-corrected chi connectivity index (χ4v) is 2.29. The fraction of sp³-hybridized carbons (Fsp3) is 0.846. The highest BCUT2D eigenvalue weighted by Crippen LogP contribution is 2.10. The zero-order valence-electron chi connectivity index (χ0n) is 12.1. The van der Waals surface area contributed by atoms with Crippen LogP contribution in [-0.2, 0) is 19.1 Å². The van der Waals surface area contributed by atoms with Gasteiger partial charge in [0.05, 0.1) is 27.1 Å². The van der Waals surface area contributed by atoms with Gasteiger partial charge >= 0.3 is 11.9 Å². The molecule has 0 amide bonds. The smallest absolute Gasteiger partial charge is 0.306 e. The highest BCUT2D eigenvalue weighted by molar-refractivity contribution is 5.69. The van der Waals surface area contributed by atoms with E-state index in [0.717, 1.165) is 32.7 Å². The molecule has 0 aromatic carbocycles. The normalized spacial score (nSPS) is 21.1. The largest absolute Gasteiger partial charge is 0.469 e. The third-order valence-electron chi connectivity index (χ3n) is 3.54. The summed E-state index contributed by atoms with van der Waals surface area (Å²) in [5.41, 5.74) is 0. The van der Waals surface area contributed by atoms with E-state index in [1.807, 2.05) is 0 Å². The van der Waals surface area contributed by atoms with Crippen LogP contribution >= 0.6 is 0 Å². The van der Waals surface area contributed by atoms with Gasteiger partial charge in [-0.3, -0.25) is 19.4 Å². The maximum Gasteiger partial charge on any atom is 0.306 e. The number of rotatable bonds is 6. The summed E-state index contributed by atoms with van der Waals surface area (Å²) in [6.07, 6.45) is 0.869. The minimum atomic E-state index is -0.166. The van der Waals surface area contributed by atoms with Crippen molar-refractivity contribution in [2.75, 3.05) is 46.9 Å². The topological polar surface area (TPSA) is 59.1 Å². The molecule has 1 rings (SSSR count). The molecule has 1 aliphatic heterocycles. The van der Waals surface area contributed by atoms with Crippen LogP contribution in [0, 0.1) is 0 Å². The highest BCUT2D eigenvalue weighted by Gasteiger charge is 2.24. The molecule has 0 aromatic heterocycles. The van der Waals surface area contributed by atoms with Crippen LogP contribution in [0.4, 0.5) is 0 Å². The van der Waals surface area contributed by atoms with Crippen molar-refractivity contribution in [3.05, 3.63) is 0 Å². The van der Waals surface area contributed by atoms with Gasteiger partial charge in [-0.05, 0) is 6.92 Å². The Morgan fingerprint density at radius 2 is 1.63 bits per heavy atom. The van der Waals surface area contributed by atoms with Crippen LogP contribution in [-0.4, -0.2) is 74.7 Å². The standard InChI is InChI=1S/C13H24N2O4/c1-11-10-14(6-4-12(16)18-2)8-9-15(11)7-5-13(17)19-3/h11H,4-10H2,1-3H3. The Morgan fingerprint density at radius 3 is 2.16 bits per heavy atom. The number of hydrogen-bond donors (Lipinski definition) is 0. The summed E-state index contributed by atoms with van der Waals surface area (Å²) in [6, 6.07) is 0.385. The van der Waals surface area contributed by atoms with Crippen molar-refractivity contribution in [3.8, 4) is 0 Å². The maximum atomic E-state index is 11.1. The zero-order chi connectivity index (χ0) is 14.3. The van der Waals surface area contributed by atoms with E-state index >= 15 is 0 Å². The van der Waals surface area contributed by atoms with Crippen LogP contribution in [0.3, 0.4) is 0 Å². The van der Waals surface area contributed by atoms with Gasteiger partial charge in [-0.25, -0.2) is 0 Å². The van der Waals surface area contributed by atoms with E-state index in [-0.39, 0.29) is 11.9 Å². The van der Waals surface area contributed by atoms with E-state index in [4.69, 9.17) is 0 Å². The maximum absolute atomic E-state index is 11.1. The van der Waals surface area contributed by atoms with Gasteiger partial charge in [-0.1, -0.05) is 0 Å². The highest BCUT2D eigenvalue weighted by atomic mass is 16.5. The molecule has 0 saturated carbocycles. The molecule has 1 fully saturated rings. The van der Waals surface area contributed by atoms with Crippen molar-refractivity contribution in [1.82, 2.24) is 9.80 Å². The zero-order valence-corrected chi connectivity index (χ0v) is 12.1. The summed E-state index contributed by atoms with van der Waals surface area (Å²) >= 11 is 0. The Morgan fingerprint density at radius 1 is 1.05 bits per heavy atom. The fourth-order valence-electron chi connectivity index (χ4n) is 2.29. The van der Waals surface area contributed by atoms with Gasteiger partial charge in [-0.15, -0.1) is 0 Å². The molecule has 0 aromatic rings. The number of ether oxygens (including phenoxy) is 2. The van der Waals surface area contributed by atoms with E-state index in [9.17, 15) is 9.59 Å². The van der Waals surface area contributed by atoms with Crippen LogP contribution in [0.2, 0.25) is 0 Å². The molecule has 0 radical (unpaired) electrons. The molecule has 1 unspecified atom stereocenters. The van der Waals surface area contributed by atoms with Crippen LogP contribution < -0.4 is 0 Å². The molecule has 1 aliphatic rings. The first-order valence-corrected chi connectivity index (χ1v) is 6.67. The first kappa shape index (κ1) is 15.9. The van der Waals surface area contributed by atoms with Gasteiger partial charge in [0.2, 0.25) is 0 Å².